The first kappa shape index (κ1) is 21.4. The highest BCUT2D eigenvalue weighted by molar-refractivity contribution is 7.99. The Hall–Kier alpha value is -3.85. The summed E-state index contributed by atoms with van der Waals surface area (Å²) in [5.41, 5.74) is 1.34. The number of para-hydroxylation sites is 1. The highest BCUT2D eigenvalue weighted by atomic mass is 32.2. The summed E-state index contributed by atoms with van der Waals surface area (Å²) in [5.74, 6) is -0.359. The minimum atomic E-state index is -0.491. The quantitative estimate of drug-likeness (QED) is 0.392. The van der Waals surface area contributed by atoms with E-state index in [0.717, 1.165) is 5.69 Å². The topological polar surface area (TPSA) is 89.2 Å². The van der Waals surface area contributed by atoms with Crippen molar-refractivity contribution >= 4 is 29.3 Å². The van der Waals surface area contributed by atoms with Crippen LogP contribution in [0.1, 0.15) is 16.1 Å². The van der Waals surface area contributed by atoms with Crippen molar-refractivity contribution in [1.29, 1.82) is 0 Å². The van der Waals surface area contributed by atoms with Gasteiger partial charge < -0.3 is 15.1 Å². The van der Waals surface area contributed by atoms with Gasteiger partial charge in [-0.1, -0.05) is 30.0 Å². The lowest BCUT2D eigenvalue weighted by Gasteiger charge is -2.10. The standard InChI is InChI=1S/C23H19FN4O3S/c24-19-8-1-2-9-20(19)27-21(29)15-32-23-25-10-11-28(23)17-6-3-5-16(13-17)22(30)26-14-18-7-4-12-31-18/h1-13H,14-15H2,(H,26,30)(H,27,29). The molecule has 0 aliphatic carbocycles. The van der Waals surface area contributed by atoms with E-state index in [1.807, 2.05) is 6.07 Å². The van der Waals surface area contributed by atoms with Gasteiger partial charge in [-0.2, -0.15) is 0 Å². The molecule has 0 bridgehead atoms. The number of imidazole rings is 1. The molecule has 2 heterocycles. The van der Waals surface area contributed by atoms with E-state index in [2.05, 4.69) is 15.6 Å². The molecule has 2 N–H and O–H groups in total. The summed E-state index contributed by atoms with van der Waals surface area (Å²) in [6, 6.07) is 16.6. The van der Waals surface area contributed by atoms with Gasteiger partial charge in [0.15, 0.2) is 5.16 Å². The number of thioether (sulfide) groups is 1. The van der Waals surface area contributed by atoms with E-state index in [1.54, 1.807) is 65.7 Å². The molecule has 0 atom stereocenters. The van der Waals surface area contributed by atoms with E-state index in [4.69, 9.17) is 4.42 Å². The van der Waals surface area contributed by atoms with Gasteiger partial charge in [-0.25, -0.2) is 9.37 Å². The van der Waals surface area contributed by atoms with Crippen LogP contribution in [0.2, 0.25) is 0 Å². The molecule has 162 valence electrons. The van der Waals surface area contributed by atoms with E-state index < -0.39 is 5.82 Å². The van der Waals surface area contributed by atoms with Crippen molar-refractivity contribution in [1.82, 2.24) is 14.9 Å². The fourth-order valence-electron chi connectivity index (χ4n) is 2.95. The third kappa shape index (κ3) is 5.25. The van der Waals surface area contributed by atoms with E-state index in [9.17, 15) is 14.0 Å². The minimum absolute atomic E-state index is 0.0503. The molecule has 0 aliphatic rings. The molecule has 9 heteroatoms. The second kappa shape index (κ2) is 9.97. The van der Waals surface area contributed by atoms with Gasteiger partial charge in [0.05, 0.1) is 24.2 Å². The predicted octanol–water partition coefficient (Wildman–Crippen LogP) is 4.27. The molecule has 4 aromatic rings. The zero-order chi connectivity index (χ0) is 22.3. The van der Waals surface area contributed by atoms with E-state index in [0.29, 0.717) is 23.0 Å². The predicted molar refractivity (Wildman–Crippen MR) is 119 cm³/mol. The number of hydrogen-bond acceptors (Lipinski definition) is 5. The molecule has 2 amide bonds. The maximum atomic E-state index is 13.7. The minimum Gasteiger partial charge on any atom is -0.467 e. The van der Waals surface area contributed by atoms with E-state index in [-0.39, 0.29) is 23.3 Å². The number of hydrogen-bond donors (Lipinski definition) is 2. The number of furan rings is 1. The molecule has 0 unspecified atom stereocenters. The Morgan fingerprint density at radius 3 is 2.78 bits per heavy atom. The van der Waals surface area contributed by atoms with Crippen LogP contribution in [0.3, 0.4) is 0 Å². The summed E-state index contributed by atoms with van der Waals surface area (Å²) in [5, 5.41) is 5.93. The molecule has 32 heavy (non-hydrogen) atoms. The molecule has 0 aliphatic heterocycles. The molecule has 0 radical (unpaired) electrons. The zero-order valence-corrected chi connectivity index (χ0v) is 17.6. The van der Waals surface area contributed by atoms with Gasteiger partial charge in [0, 0.05) is 23.6 Å². The number of anilines is 1. The van der Waals surface area contributed by atoms with Crippen LogP contribution in [0.4, 0.5) is 10.1 Å². The summed E-state index contributed by atoms with van der Waals surface area (Å²) >= 11 is 1.21. The Kier molecular flexibility index (Phi) is 6.66. The Morgan fingerprint density at radius 1 is 1.09 bits per heavy atom. The van der Waals surface area contributed by atoms with Gasteiger partial charge in [0.1, 0.15) is 11.6 Å². The summed E-state index contributed by atoms with van der Waals surface area (Å²) in [7, 11) is 0. The molecule has 4 rings (SSSR count). The maximum absolute atomic E-state index is 13.7. The molecule has 0 fully saturated rings. The van der Waals surface area contributed by atoms with Crippen LogP contribution in [0.25, 0.3) is 5.69 Å². The Balaban J connectivity index is 1.40. The van der Waals surface area contributed by atoms with Crippen molar-refractivity contribution in [3.8, 4) is 5.69 Å². The van der Waals surface area contributed by atoms with E-state index in [1.165, 1.54) is 23.9 Å². The van der Waals surface area contributed by atoms with Gasteiger partial charge in [0.2, 0.25) is 5.91 Å². The lowest BCUT2D eigenvalue weighted by molar-refractivity contribution is -0.113. The Bertz CT molecular complexity index is 1220. The third-order valence-electron chi connectivity index (χ3n) is 4.48. The second-order valence-corrected chi connectivity index (χ2v) is 7.65. The number of carbonyl (C=O) groups is 2. The first-order valence-corrected chi connectivity index (χ1v) is 10.7. The summed E-state index contributed by atoms with van der Waals surface area (Å²) < 4.78 is 20.7. The number of nitrogens with zero attached hydrogens (tertiary/aromatic N) is 2. The zero-order valence-electron chi connectivity index (χ0n) is 16.8. The van der Waals surface area contributed by atoms with Crippen LogP contribution in [0, 0.1) is 5.82 Å². The smallest absolute Gasteiger partial charge is 0.251 e. The Labute approximate surface area is 187 Å². The highest BCUT2D eigenvalue weighted by Crippen LogP contribution is 2.22. The van der Waals surface area contributed by atoms with Crippen LogP contribution in [0.5, 0.6) is 0 Å². The van der Waals surface area contributed by atoms with Crippen LogP contribution < -0.4 is 10.6 Å². The van der Waals surface area contributed by atoms with Crippen LogP contribution in [-0.2, 0) is 11.3 Å². The first-order chi connectivity index (χ1) is 15.6. The summed E-state index contributed by atoms with van der Waals surface area (Å²) in [6.45, 7) is 0.291. The number of aromatic nitrogens is 2. The average Bonchev–Trinajstić information content (AvgIpc) is 3.50. The molecule has 0 saturated heterocycles. The number of amides is 2. The van der Waals surface area contributed by atoms with Crippen molar-refractivity contribution in [3.05, 3.63) is 96.5 Å². The lowest BCUT2D eigenvalue weighted by Crippen LogP contribution is -2.22. The van der Waals surface area contributed by atoms with E-state index >= 15 is 0 Å². The fourth-order valence-corrected chi connectivity index (χ4v) is 3.72. The van der Waals surface area contributed by atoms with Crippen molar-refractivity contribution in [2.75, 3.05) is 11.1 Å². The third-order valence-corrected chi connectivity index (χ3v) is 5.44. The van der Waals surface area contributed by atoms with Gasteiger partial charge in [-0.05, 0) is 42.5 Å². The maximum Gasteiger partial charge on any atom is 0.251 e. The number of halogens is 1. The molecular weight excluding hydrogens is 431 g/mol. The summed E-state index contributed by atoms with van der Waals surface area (Å²) in [4.78, 5) is 29.0. The molecule has 2 aromatic carbocycles. The van der Waals surface area contributed by atoms with Crippen LogP contribution >= 0.6 is 11.8 Å². The second-order valence-electron chi connectivity index (χ2n) is 6.71. The van der Waals surface area contributed by atoms with Gasteiger partial charge >= 0.3 is 0 Å². The monoisotopic (exact) mass is 450 g/mol. The SMILES string of the molecule is O=C(CSc1nccn1-c1cccc(C(=O)NCc2ccco2)c1)Nc1ccccc1F. The normalized spacial score (nSPS) is 10.7. The molecule has 0 saturated carbocycles. The highest BCUT2D eigenvalue weighted by Gasteiger charge is 2.13. The van der Waals surface area contributed by atoms with Gasteiger partial charge in [-0.3, -0.25) is 14.2 Å². The fraction of sp³-hybridized carbons (Fsp3) is 0.0870. The number of benzene rings is 2. The van der Waals surface area contributed by atoms with Crippen molar-refractivity contribution in [2.24, 2.45) is 0 Å². The van der Waals surface area contributed by atoms with Crippen molar-refractivity contribution in [3.63, 3.8) is 0 Å². The van der Waals surface area contributed by atoms with Gasteiger partial charge in [0.25, 0.3) is 5.91 Å². The Morgan fingerprint density at radius 2 is 1.97 bits per heavy atom. The number of nitrogens with one attached hydrogen (secondary N) is 2. The van der Waals surface area contributed by atoms with Crippen LogP contribution in [-0.4, -0.2) is 27.1 Å². The number of rotatable bonds is 8. The summed E-state index contributed by atoms with van der Waals surface area (Å²) in [6.07, 6.45) is 4.91. The number of carbonyl (C=O) groups excluding carboxylic acids is 2. The average molecular weight is 450 g/mol. The van der Waals surface area contributed by atoms with Crippen LogP contribution in [0.15, 0.2) is 88.9 Å². The molecule has 2 aromatic heterocycles. The van der Waals surface area contributed by atoms with Crippen molar-refractivity contribution < 1.29 is 18.4 Å². The first-order valence-electron chi connectivity index (χ1n) is 9.72. The molecule has 7 nitrogen and oxygen atoms in total. The lowest BCUT2D eigenvalue weighted by atomic mass is 10.2. The van der Waals surface area contributed by atoms with Gasteiger partial charge in [-0.15, -0.1) is 0 Å². The molecular formula is C23H19FN4O3S. The largest absolute Gasteiger partial charge is 0.467 e. The molecule has 0 spiro atoms. The van der Waals surface area contributed by atoms with Crippen molar-refractivity contribution in [2.45, 2.75) is 11.7 Å².